The monoisotopic (exact) mass is 880 g/mol. The number of nitrogens with zero attached hydrogens (tertiary/aromatic N) is 6. The Morgan fingerprint density at radius 1 is 0.685 bits per heavy atom. The summed E-state index contributed by atoms with van der Waals surface area (Å²) < 4.78 is 23.8. The van der Waals surface area contributed by atoms with E-state index in [0.717, 1.165) is 83.4 Å². The number of para-hydroxylation sites is 5. The van der Waals surface area contributed by atoms with Gasteiger partial charge in [0, 0.05) is 66.6 Å². The van der Waals surface area contributed by atoms with Crippen molar-refractivity contribution in [1.82, 2.24) is 18.9 Å². The van der Waals surface area contributed by atoms with Gasteiger partial charge in [-0.15, -0.1) is 30.3 Å². The molecule has 0 radical (unpaired) electrons. The van der Waals surface area contributed by atoms with Gasteiger partial charge in [0.2, 0.25) is 5.78 Å². The third kappa shape index (κ3) is 4.36. The van der Waals surface area contributed by atoms with Gasteiger partial charge in [-0.25, -0.2) is 9.97 Å². The maximum atomic E-state index is 6.80. The van der Waals surface area contributed by atoms with Crippen LogP contribution in [0.5, 0.6) is 11.5 Å². The number of ether oxygens (including phenoxy) is 1. The van der Waals surface area contributed by atoms with Gasteiger partial charge in [0.15, 0.2) is 0 Å². The number of fused-ring (bicyclic) bond motifs is 12. The van der Waals surface area contributed by atoms with E-state index in [0.29, 0.717) is 22.7 Å². The van der Waals surface area contributed by atoms with Crippen LogP contribution in [0.3, 0.4) is 0 Å². The van der Waals surface area contributed by atoms with Crippen LogP contribution < -0.4 is 14.5 Å². The largest absolute Gasteiger partial charge is 0.512 e. The van der Waals surface area contributed by atoms with Crippen LogP contribution in [0, 0.1) is 18.8 Å². The van der Waals surface area contributed by atoms with Crippen LogP contribution >= 0.6 is 0 Å². The molecule has 54 heavy (non-hydrogen) atoms. The van der Waals surface area contributed by atoms with Crippen LogP contribution in [0.1, 0.15) is 0 Å². The second kappa shape index (κ2) is 11.5. The quantitative estimate of drug-likeness (QED) is 0.163. The predicted molar refractivity (Wildman–Crippen MR) is 207 cm³/mol. The molecule has 1 aliphatic rings. The molecule has 0 fully saturated rings. The molecule has 0 saturated heterocycles. The fourth-order valence-electron chi connectivity index (χ4n) is 7.83. The molecule has 5 aromatic heterocycles. The molecule has 12 rings (SSSR count). The molecular formula is C44H25N6O3Pt-3. The molecule has 0 N–H and O–H groups in total. The molecule has 0 aliphatic carbocycles. The molecule has 0 bridgehead atoms. The zero-order chi connectivity index (χ0) is 34.8. The van der Waals surface area contributed by atoms with Crippen LogP contribution in [-0.4, -0.2) is 26.0 Å². The Balaban J connectivity index is 0.00000341. The number of furan rings is 2. The standard InChI is InChI=1S/C44H25N6O3.Pt/c1-47-25-48(35-14-6-5-13-34(35)47)26-20-31-30-23-29-28-10-2-7-15-38(28)52-39(29)24-40(30)53-43(31)41(21-26)51-27-17-18-36-37(22-27)50(42-16-8-9-19-45-42)44-46-32-11-3-4-12-33(32)49(36)44;/h2-20,23-25H,1H3;/q-3;. The first-order chi connectivity index (χ1) is 26.2. The summed E-state index contributed by atoms with van der Waals surface area (Å²) >= 11 is 0. The van der Waals surface area contributed by atoms with Crippen LogP contribution in [0.4, 0.5) is 17.1 Å². The van der Waals surface area contributed by atoms with Crippen molar-refractivity contribution in [3.05, 3.63) is 146 Å². The first-order valence-corrected chi connectivity index (χ1v) is 17.3. The first-order valence-electron chi connectivity index (χ1n) is 17.3. The van der Waals surface area contributed by atoms with Crippen LogP contribution in [0.25, 0.3) is 77.5 Å². The zero-order valence-corrected chi connectivity index (χ0v) is 30.7. The number of pyridine rings is 1. The van der Waals surface area contributed by atoms with Crippen molar-refractivity contribution in [2.75, 3.05) is 16.8 Å². The van der Waals surface area contributed by atoms with E-state index in [1.807, 2.05) is 96.5 Å². The zero-order valence-electron chi connectivity index (χ0n) is 28.4. The van der Waals surface area contributed by atoms with Crippen LogP contribution in [-0.2, 0) is 21.1 Å². The second-order valence-corrected chi connectivity index (χ2v) is 13.3. The smallest absolute Gasteiger partial charge is 0.208 e. The number of hydrogen-bond acceptors (Lipinski definition) is 7. The number of aromatic nitrogens is 4. The van der Waals surface area contributed by atoms with E-state index in [9.17, 15) is 0 Å². The Morgan fingerprint density at radius 2 is 1.48 bits per heavy atom. The third-order valence-corrected chi connectivity index (χ3v) is 10.2. The van der Waals surface area contributed by atoms with E-state index in [-0.39, 0.29) is 21.1 Å². The summed E-state index contributed by atoms with van der Waals surface area (Å²) in [5, 5.41) is 3.94. The minimum Gasteiger partial charge on any atom is -0.512 e. The Hall–Kier alpha value is -6.57. The number of imidazole rings is 2. The minimum atomic E-state index is 0. The van der Waals surface area contributed by atoms with E-state index >= 15 is 0 Å². The van der Waals surface area contributed by atoms with Crippen LogP contribution in [0.15, 0.2) is 136 Å². The van der Waals surface area contributed by atoms with E-state index in [2.05, 4.69) is 69.4 Å². The summed E-state index contributed by atoms with van der Waals surface area (Å²) in [7, 11) is 2.05. The number of hydrogen-bond donors (Lipinski definition) is 0. The maximum absolute atomic E-state index is 6.80. The molecule has 0 saturated carbocycles. The van der Waals surface area contributed by atoms with Crippen molar-refractivity contribution >= 4 is 88.8 Å². The molecule has 10 heteroatoms. The molecule has 9 nitrogen and oxygen atoms in total. The molecule has 6 heterocycles. The molecule has 0 atom stereocenters. The van der Waals surface area contributed by atoms with Gasteiger partial charge in [0.25, 0.3) is 0 Å². The Labute approximate surface area is 321 Å². The SMILES string of the molecule is CN1[CH-]N(c2[c-]c(Oc3[c-]c4c(cc3)n3c5ccccc5nc3n4-c3ccccn3)c3oc4cc5oc6ccccc6c5cc4c3c2)c2ccccc21.[Pt]. The average molecular weight is 881 g/mol. The molecule has 262 valence electrons. The fourth-order valence-corrected chi connectivity index (χ4v) is 7.83. The number of benzene rings is 6. The van der Waals surface area contributed by atoms with Crippen molar-refractivity contribution < 1.29 is 34.6 Å². The minimum absolute atomic E-state index is 0. The van der Waals surface area contributed by atoms with Gasteiger partial charge >= 0.3 is 0 Å². The van der Waals surface area contributed by atoms with Crippen molar-refractivity contribution in [2.45, 2.75) is 0 Å². The van der Waals surface area contributed by atoms with Crippen molar-refractivity contribution in [1.29, 1.82) is 0 Å². The summed E-state index contributed by atoms with van der Waals surface area (Å²) in [6, 6.07) is 47.7. The molecule has 11 aromatic rings. The summed E-state index contributed by atoms with van der Waals surface area (Å²) in [4.78, 5) is 13.9. The first kappa shape index (κ1) is 31.0. The van der Waals surface area contributed by atoms with Gasteiger partial charge in [-0.05, 0) is 66.6 Å². The Kier molecular flexibility index (Phi) is 6.58. The summed E-state index contributed by atoms with van der Waals surface area (Å²) in [6.45, 7) is 2.06. The average Bonchev–Trinajstić information content (AvgIpc) is 3.99. The van der Waals surface area contributed by atoms with Crippen molar-refractivity contribution in [2.24, 2.45) is 0 Å². The van der Waals surface area contributed by atoms with Crippen molar-refractivity contribution in [3.63, 3.8) is 0 Å². The van der Waals surface area contributed by atoms with E-state index < -0.39 is 0 Å². The molecular weight excluding hydrogens is 856 g/mol. The fraction of sp³-hybridized carbons (Fsp3) is 0.0227. The second-order valence-electron chi connectivity index (χ2n) is 13.3. The van der Waals surface area contributed by atoms with E-state index in [1.165, 1.54) is 0 Å². The molecule has 0 spiro atoms. The third-order valence-electron chi connectivity index (χ3n) is 10.2. The maximum Gasteiger partial charge on any atom is 0.208 e. The van der Waals surface area contributed by atoms with Crippen LogP contribution in [0.2, 0.25) is 0 Å². The summed E-state index contributed by atoms with van der Waals surface area (Å²) in [5.74, 6) is 2.41. The van der Waals surface area contributed by atoms with Gasteiger partial charge in [-0.3, -0.25) is 4.57 Å². The molecule has 6 aromatic carbocycles. The van der Waals surface area contributed by atoms with E-state index in [4.69, 9.17) is 23.5 Å². The summed E-state index contributed by atoms with van der Waals surface area (Å²) in [5.41, 5.74) is 9.44. The number of anilines is 3. The topological polar surface area (TPSA) is 77.1 Å². The molecule has 0 unspecified atom stereocenters. The van der Waals surface area contributed by atoms with Gasteiger partial charge in [-0.1, -0.05) is 59.6 Å². The molecule has 1 aliphatic heterocycles. The van der Waals surface area contributed by atoms with E-state index in [1.54, 1.807) is 6.20 Å². The Bertz CT molecular complexity index is 3290. The van der Waals surface area contributed by atoms with Gasteiger partial charge in [0.1, 0.15) is 22.6 Å². The van der Waals surface area contributed by atoms with Gasteiger partial charge in [-0.2, -0.15) is 6.67 Å². The summed E-state index contributed by atoms with van der Waals surface area (Å²) in [6.07, 6.45) is 1.78. The predicted octanol–water partition coefficient (Wildman–Crippen LogP) is 10.7. The van der Waals surface area contributed by atoms with Gasteiger partial charge < -0.3 is 27.8 Å². The molecule has 0 amide bonds. The normalized spacial score (nSPS) is 13.0. The van der Waals surface area contributed by atoms with Gasteiger partial charge in [0.05, 0.1) is 22.4 Å². The Morgan fingerprint density at radius 3 is 2.39 bits per heavy atom. The van der Waals surface area contributed by atoms with Crippen molar-refractivity contribution in [3.8, 4) is 17.3 Å². The number of rotatable bonds is 4.